The van der Waals surface area contributed by atoms with Gasteiger partial charge in [0.2, 0.25) is 0 Å². The number of benzene rings is 1. The Balaban J connectivity index is 2.31. The van der Waals surface area contributed by atoms with Crippen LogP contribution in [-0.2, 0) is 0 Å². The zero-order chi connectivity index (χ0) is 14.1. The van der Waals surface area contributed by atoms with Gasteiger partial charge in [0.1, 0.15) is 5.75 Å². The Morgan fingerprint density at radius 3 is 2.63 bits per heavy atom. The summed E-state index contributed by atoms with van der Waals surface area (Å²) in [6.07, 6.45) is 2.27. The molecule has 0 aliphatic carbocycles. The third kappa shape index (κ3) is 7.73. The number of hydrogen-bond donors (Lipinski definition) is 2. The van der Waals surface area contributed by atoms with Gasteiger partial charge in [-0.3, -0.25) is 0 Å². The normalized spacial score (nSPS) is 11.4. The van der Waals surface area contributed by atoms with Crippen molar-refractivity contribution in [2.75, 3.05) is 25.0 Å². The van der Waals surface area contributed by atoms with Gasteiger partial charge in [-0.1, -0.05) is 19.4 Å². The van der Waals surface area contributed by atoms with E-state index >= 15 is 0 Å². The Labute approximate surface area is 117 Å². The quantitative estimate of drug-likeness (QED) is 0.703. The van der Waals surface area contributed by atoms with Crippen LogP contribution in [0.4, 0.5) is 5.69 Å². The second kappa shape index (κ2) is 8.05. The number of ether oxygens (including phenoxy) is 1. The molecule has 0 amide bonds. The average molecular weight is 264 g/mol. The lowest BCUT2D eigenvalue weighted by Gasteiger charge is -2.20. The van der Waals surface area contributed by atoms with Crippen molar-refractivity contribution in [3.8, 4) is 5.75 Å². The Bertz CT molecular complexity index is 358. The van der Waals surface area contributed by atoms with E-state index in [4.69, 9.17) is 4.74 Å². The molecule has 1 aromatic rings. The van der Waals surface area contributed by atoms with Crippen molar-refractivity contribution in [3.63, 3.8) is 0 Å². The van der Waals surface area contributed by atoms with Gasteiger partial charge < -0.3 is 15.4 Å². The molecule has 3 heteroatoms. The van der Waals surface area contributed by atoms with Crippen LogP contribution in [0.3, 0.4) is 0 Å². The molecule has 108 valence electrons. The minimum absolute atomic E-state index is 0.173. The van der Waals surface area contributed by atoms with Gasteiger partial charge in [-0.25, -0.2) is 0 Å². The predicted molar refractivity (Wildman–Crippen MR) is 83.1 cm³/mol. The van der Waals surface area contributed by atoms with Crippen LogP contribution in [0, 0.1) is 0 Å². The molecule has 0 bridgehead atoms. The van der Waals surface area contributed by atoms with E-state index in [-0.39, 0.29) is 5.54 Å². The van der Waals surface area contributed by atoms with Gasteiger partial charge in [-0.2, -0.15) is 0 Å². The third-order valence-corrected chi connectivity index (χ3v) is 2.71. The molecule has 3 nitrogen and oxygen atoms in total. The van der Waals surface area contributed by atoms with Crippen LogP contribution in [0.5, 0.6) is 5.75 Å². The van der Waals surface area contributed by atoms with Gasteiger partial charge in [0, 0.05) is 30.4 Å². The molecule has 0 aliphatic rings. The molecule has 1 rings (SSSR count). The molecule has 0 aliphatic heterocycles. The van der Waals surface area contributed by atoms with E-state index in [0.717, 1.165) is 44.0 Å². The molecule has 0 saturated heterocycles. The lowest BCUT2D eigenvalue weighted by Crippen LogP contribution is -2.38. The molecular formula is C16H28N2O. The van der Waals surface area contributed by atoms with Gasteiger partial charge in [0.05, 0.1) is 6.61 Å². The molecule has 0 aromatic heterocycles. The van der Waals surface area contributed by atoms with Gasteiger partial charge in [0.25, 0.3) is 0 Å². The molecule has 1 aromatic carbocycles. The third-order valence-electron chi connectivity index (χ3n) is 2.71. The number of unbranched alkanes of at least 4 members (excludes halogenated alkanes) is 1. The fourth-order valence-electron chi connectivity index (χ4n) is 1.67. The largest absolute Gasteiger partial charge is 0.494 e. The van der Waals surface area contributed by atoms with Crippen molar-refractivity contribution < 1.29 is 4.74 Å². The van der Waals surface area contributed by atoms with E-state index in [1.165, 1.54) is 0 Å². The van der Waals surface area contributed by atoms with Crippen molar-refractivity contribution in [2.45, 2.75) is 46.1 Å². The molecule has 0 radical (unpaired) electrons. The molecular weight excluding hydrogens is 236 g/mol. The van der Waals surface area contributed by atoms with Crippen LogP contribution in [-0.4, -0.2) is 25.2 Å². The summed E-state index contributed by atoms with van der Waals surface area (Å²) in [5.74, 6) is 0.947. The van der Waals surface area contributed by atoms with E-state index in [1.54, 1.807) is 0 Å². The summed E-state index contributed by atoms with van der Waals surface area (Å²) in [6, 6.07) is 8.17. The predicted octanol–water partition coefficient (Wildman–Crippen LogP) is 3.67. The van der Waals surface area contributed by atoms with Gasteiger partial charge >= 0.3 is 0 Å². The fraction of sp³-hybridized carbons (Fsp3) is 0.625. The summed E-state index contributed by atoms with van der Waals surface area (Å²) in [7, 11) is 0. The summed E-state index contributed by atoms with van der Waals surface area (Å²) in [5, 5.41) is 6.86. The summed E-state index contributed by atoms with van der Waals surface area (Å²) >= 11 is 0. The molecule has 0 atom stereocenters. The van der Waals surface area contributed by atoms with Gasteiger partial charge in [-0.05, 0) is 39.3 Å². The van der Waals surface area contributed by atoms with Crippen LogP contribution in [0.15, 0.2) is 24.3 Å². The van der Waals surface area contributed by atoms with Crippen molar-refractivity contribution in [1.29, 1.82) is 0 Å². The summed E-state index contributed by atoms with van der Waals surface area (Å²) in [4.78, 5) is 0. The highest BCUT2D eigenvalue weighted by Gasteiger charge is 2.06. The SMILES string of the molecule is CCCCOc1cccc(NCCNC(C)(C)C)c1. The van der Waals surface area contributed by atoms with Crippen molar-refractivity contribution in [1.82, 2.24) is 5.32 Å². The van der Waals surface area contributed by atoms with Crippen molar-refractivity contribution in [3.05, 3.63) is 24.3 Å². The molecule has 0 spiro atoms. The first-order valence-corrected chi connectivity index (χ1v) is 7.23. The molecule has 0 saturated carbocycles. The number of hydrogen-bond acceptors (Lipinski definition) is 3. The van der Waals surface area contributed by atoms with Crippen LogP contribution < -0.4 is 15.4 Å². The highest BCUT2D eigenvalue weighted by Crippen LogP contribution is 2.17. The van der Waals surface area contributed by atoms with E-state index in [2.05, 4.69) is 50.5 Å². The van der Waals surface area contributed by atoms with E-state index in [0.29, 0.717) is 0 Å². The zero-order valence-corrected chi connectivity index (χ0v) is 12.8. The number of anilines is 1. The van der Waals surface area contributed by atoms with Crippen LogP contribution >= 0.6 is 0 Å². The van der Waals surface area contributed by atoms with E-state index in [1.807, 2.05) is 12.1 Å². The Hall–Kier alpha value is -1.22. The number of nitrogens with one attached hydrogen (secondary N) is 2. The van der Waals surface area contributed by atoms with Crippen molar-refractivity contribution in [2.24, 2.45) is 0 Å². The lowest BCUT2D eigenvalue weighted by atomic mass is 10.1. The van der Waals surface area contributed by atoms with Gasteiger partial charge in [0.15, 0.2) is 0 Å². The van der Waals surface area contributed by atoms with E-state index < -0.39 is 0 Å². The number of rotatable bonds is 8. The van der Waals surface area contributed by atoms with Crippen LogP contribution in [0.1, 0.15) is 40.5 Å². The molecule has 0 unspecified atom stereocenters. The maximum Gasteiger partial charge on any atom is 0.121 e. The first-order chi connectivity index (χ1) is 9.01. The molecule has 2 N–H and O–H groups in total. The smallest absolute Gasteiger partial charge is 0.121 e. The summed E-state index contributed by atoms with van der Waals surface area (Å²) in [5.41, 5.74) is 1.29. The Morgan fingerprint density at radius 2 is 1.95 bits per heavy atom. The minimum atomic E-state index is 0.173. The van der Waals surface area contributed by atoms with Gasteiger partial charge in [-0.15, -0.1) is 0 Å². The summed E-state index contributed by atoms with van der Waals surface area (Å²) in [6.45, 7) is 11.4. The lowest BCUT2D eigenvalue weighted by molar-refractivity contribution is 0.309. The first-order valence-electron chi connectivity index (χ1n) is 7.23. The van der Waals surface area contributed by atoms with E-state index in [9.17, 15) is 0 Å². The maximum atomic E-state index is 5.69. The van der Waals surface area contributed by atoms with Crippen LogP contribution in [0.2, 0.25) is 0 Å². The second-order valence-corrected chi connectivity index (χ2v) is 5.83. The first kappa shape index (κ1) is 15.8. The van der Waals surface area contributed by atoms with Crippen LogP contribution in [0.25, 0.3) is 0 Å². The molecule has 0 heterocycles. The Morgan fingerprint density at radius 1 is 1.16 bits per heavy atom. The Kier molecular flexibility index (Phi) is 6.71. The van der Waals surface area contributed by atoms with Crippen molar-refractivity contribution >= 4 is 5.69 Å². The molecule has 19 heavy (non-hydrogen) atoms. The average Bonchev–Trinajstić information content (AvgIpc) is 2.35. The standard InChI is InChI=1S/C16H28N2O/c1-5-6-12-19-15-9-7-8-14(13-15)17-10-11-18-16(2,3)4/h7-9,13,17-18H,5-6,10-12H2,1-4H3. The molecule has 0 fully saturated rings. The second-order valence-electron chi connectivity index (χ2n) is 5.83. The maximum absolute atomic E-state index is 5.69. The zero-order valence-electron chi connectivity index (χ0n) is 12.8. The topological polar surface area (TPSA) is 33.3 Å². The monoisotopic (exact) mass is 264 g/mol. The highest BCUT2D eigenvalue weighted by molar-refractivity contribution is 5.48. The highest BCUT2D eigenvalue weighted by atomic mass is 16.5. The summed E-state index contributed by atoms with van der Waals surface area (Å²) < 4.78 is 5.69. The fourth-order valence-corrected chi connectivity index (χ4v) is 1.67. The minimum Gasteiger partial charge on any atom is -0.494 e.